The lowest BCUT2D eigenvalue weighted by Gasteiger charge is -2.46. The maximum absolute atomic E-state index is 9.70. The molecule has 1 unspecified atom stereocenters. The first kappa shape index (κ1) is 13.0. The average Bonchev–Trinajstić information content (AvgIpc) is 2.30. The third-order valence-electron chi connectivity index (χ3n) is 3.91. The number of aliphatic hydroxyl groups excluding tert-OH is 1. The number of unbranched alkanes of at least 4 members (excludes halogenated alkanes) is 2. The molecule has 1 saturated heterocycles. The van der Waals surface area contributed by atoms with Crippen LogP contribution in [0.15, 0.2) is 0 Å². The topological polar surface area (TPSA) is 23.5 Å². The Hall–Kier alpha value is -0.0800. The van der Waals surface area contributed by atoms with Crippen molar-refractivity contribution >= 4 is 0 Å². The molecule has 0 amide bonds. The van der Waals surface area contributed by atoms with Crippen LogP contribution in [0.3, 0.4) is 0 Å². The summed E-state index contributed by atoms with van der Waals surface area (Å²) in [5.74, 6) is 0. The Balaban J connectivity index is 2.53. The molecule has 2 heteroatoms. The molecule has 1 fully saturated rings. The molecule has 1 atom stereocenters. The number of likely N-dealkylation sites (N-methyl/N-ethyl adjacent to an activating group) is 1. The molecule has 0 aliphatic carbocycles. The van der Waals surface area contributed by atoms with Crippen molar-refractivity contribution in [3.8, 4) is 0 Å². The molecule has 0 radical (unpaired) electrons. The van der Waals surface area contributed by atoms with Crippen LogP contribution < -0.4 is 0 Å². The Morgan fingerprint density at radius 1 is 1.20 bits per heavy atom. The molecule has 0 spiro atoms. The second-order valence-electron chi connectivity index (χ2n) is 4.88. The van der Waals surface area contributed by atoms with E-state index in [0.29, 0.717) is 6.61 Å². The monoisotopic (exact) mass is 213 g/mol. The van der Waals surface area contributed by atoms with E-state index in [9.17, 15) is 5.11 Å². The molecule has 15 heavy (non-hydrogen) atoms. The molecule has 0 saturated carbocycles. The second-order valence-corrected chi connectivity index (χ2v) is 4.88. The fourth-order valence-electron chi connectivity index (χ4n) is 2.89. The summed E-state index contributed by atoms with van der Waals surface area (Å²) in [7, 11) is 0. The summed E-state index contributed by atoms with van der Waals surface area (Å²) in [5.41, 5.74) is 0.127. The normalized spacial score (nSPS) is 28.2. The van der Waals surface area contributed by atoms with Gasteiger partial charge in [0.05, 0.1) is 6.61 Å². The van der Waals surface area contributed by atoms with Crippen molar-refractivity contribution in [3.05, 3.63) is 0 Å². The predicted molar refractivity (Wildman–Crippen MR) is 65.1 cm³/mol. The summed E-state index contributed by atoms with van der Waals surface area (Å²) in [6.07, 6.45) is 8.83. The van der Waals surface area contributed by atoms with E-state index in [2.05, 4.69) is 18.7 Å². The highest BCUT2D eigenvalue weighted by Crippen LogP contribution is 2.32. The molecular formula is C13H27NO. The molecule has 0 aromatic heterocycles. The highest BCUT2D eigenvalue weighted by Gasteiger charge is 2.36. The fourth-order valence-corrected chi connectivity index (χ4v) is 2.89. The van der Waals surface area contributed by atoms with Gasteiger partial charge in [0.25, 0.3) is 0 Å². The minimum absolute atomic E-state index is 0.127. The van der Waals surface area contributed by atoms with Crippen LogP contribution in [0, 0.1) is 0 Å². The smallest absolute Gasteiger partial charge is 0.0615 e. The van der Waals surface area contributed by atoms with Crippen LogP contribution >= 0.6 is 0 Å². The van der Waals surface area contributed by atoms with Crippen LogP contribution in [0.25, 0.3) is 0 Å². The summed E-state index contributed by atoms with van der Waals surface area (Å²) < 4.78 is 0. The Morgan fingerprint density at radius 3 is 2.60 bits per heavy atom. The van der Waals surface area contributed by atoms with Gasteiger partial charge in [0.1, 0.15) is 0 Å². The largest absolute Gasteiger partial charge is 0.394 e. The molecule has 0 aromatic rings. The van der Waals surface area contributed by atoms with Gasteiger partial charge in [-0.2, -0.15) is 0 Å². The van der Waals surface area contributed by atoms with Crippen molar-refractivity contribution in [3.63, 3.8) is 0 Å². The number of nitrogens with zero attached hydrogens (tertiary/aromatic N) is 1. The standard InChI is InChI=1S/C13H27NO/c1-3-5-6-9-13(12-15)10-7-8-11-14(13)4-2/h15H,3-12H2,1-2H3. The van der Waals surface area contributed by atoms with Crippen molar-refractivity contribution in [1.29, 1.82) is 0 Å². The van der Waals surface area contributed by atoms with Gasteiger partial charge in [0.2, 0.25) is 0 Å². The minimum atomic E-state index is 0.127. The predicted octanol–water partition coefficient (Wildman–Crippen LogP) is 2.80. The molecule has 1 aliphatic rings. The summed E-state index contributed by atoms with van der Waals surface area (Å²) in [5, 5.41) is 9.70. The maximum Gasteiger partial charge on any atom is 0.0615 e. The summed E-state index contributed by atoms with van der Waals surface area (Å²) in [6, 6.07) is 0. The van der Waals surface area contributed by atoms with Gasteiger partial charge in [-0.1, -0.05) is 39.5 Å². The summed E-state index contributed by atoms with van der Waals surface area (Å²) in [6.45, 7) is 7.08. The highest BCUT2D eigenvalue weighted by molar-refractivity contribution is 4.92. The third-order valence-corrected chi connectivity index (χ3v) is 3.91. The second kappa shape index (κ2) is 6.49. The van der Waals surface area contributed by atoms with Crippen LogP contribution in [0.1, 0.15) is 58.8 Å². The molecule has 1 heterocycles. The molecule has 1 N–H and O–H groups in total. The zero-order chi connectivity index (χ0) is 11.1. The van der Waals surface area contributed by atoms with Gasteiger partial charge < -0.3 is 5.11 Å². The van der Waals surface area contributed by atoms with E-state index in [4.69, 9.17) is 0 Å². The van der Waals surface area contributed by atoms with Gasteiger partial charge in [0.15, 0.2) is 0 Å². The number of likely N-dealkylation sites (tertiary alicyclic amines) is 1. The zero-order valence-corrected chi connectivity index (χ0v) is 10.5. The number of hydrogen-bond donors (Lipinski definition) is 1. The first-order chi connectivity index (χ1) is 7.29. The summed E-state index contributed by atoms with van der Waals surface area (Å²) >= 11 is 0. The van der Waals surface area contributed by atoms with Gasteiger partial charge in [-0.25, -0.2) is 0 Å². The van der Waals surface area contributed by atoms with Crippen LogP contribution in [-0.4, -0.2) is 35.2 Å². The van der Waals surface area contributed by atoms with Gasteiger partial charge in [-0.05, 0) is 32.4 Å². The quantitative estimate of drug-likeness (QED) is 0.686. The fraction of sp³-hybridized carbons (Fsp3) is 1.00. The van der Waals surface area contributed by atoms with E-state index in [1.807, 2.05) is 0 Å². The minimum Gasteiger partial charge on any atom is -0.394 e. The van der Waals surface area contributed by atoms with Crippen LogP contribution in [0.2, 0.25) is 0 Å². The molecule has 1 aliphatic heterocycles. The third kappa shape index (κ3) is 3.18. The van der Waals surface area contributed by atoms with Crippen molar-refractivity contribution in [2.45, 2.75) is 64.3 Å². The van der Waals surface area contributed by atoms with E-state index in [0.717, 1.165) is 6.54 Å². The van der Waals surface area contributed by atoms with E-state index in [1.165, 1.54) is 51.5 Å². The summed E-state index contributed by atoms with van der Waals surface area (Å²) in [4.78, 5) is 2.51. The van der Waals surface area contributed by atoms with Crippen molar-refractivity contribution < 1.29 is 5.11 Å². The van der Waals surface area contributed by atoms with Crippen LogP contribution in [0.4, 0.5) is 0 Å². The molecule has 90 valence electrons. The lowest BCUT2D eigenvalue weighted by Crippen LogP contribution is -2.54. The molecule has 0 aromatic carbocycles. The van der Waals surface area contributed by atoms with Gasteiger partial charge in [-0.3, -0.25) is 4.90 Å². The molecular weight excluding hydrogens is 186 g/mol. The van der Waals surface area contributed by atoms with E-state index in [-0.39, 0.29) is 5.54 Å². The zero-order valence-electron chi connectivity index (χ0n) is 10.5. The Kier molecular flexibility index (Phi) is 5.62. The SMILES string of the molecule is CCCCCC1(CO)CCCCN1CC. The van der Waals surface area contributed by atoms with Gasteiger partial charge >= 0.3 is 0 Å². The number of aliphatic hydroxyl groups is 1. The molecule has 2 nitrogen and oxygen atoms in total. The average molecular weight is 213 g/mol. The molecule has 0 bridgehead atoms. The number of hydrogen-bond acceptors (Lipinski definition) is 2. The first-order valence-corrected chi connectivity index (χ1v) is 6.65. The van der Waals surface area contributed by atoms with Crippen LogP contribution in [0.5, 0.6) is 0 Å². The van der Waals surface area contributed by atoms with E-state index < -0.39 is 0 Å². The first-order valence-electron chi connectivity index (χ1n) is 6.65. The van der Waals surface area contributed by atoms with E-state index in [1.54, 1.807) is 0 Å². The highest BCUT2D eigenvalue weighted by atomic mass is 16.3. The Bertz CT molecular complexity index is 172. The number of piperidine rings is 1. The Morgan fingerprint density at radius 2 is 2.00 bits per heavy atom. The van der Waals surface area contributed by atoms with Crippen molar-refractivity contribution in [1.82, 2.24) is 4.90 Å². The lowest BCUT2D eigenvalue weighted by molar-refractivity contribution is -0.00559. The van der Waals surface area contributed by atoms with Gasteiger partial charge in [-0.15, -0.1) is 0 Å². The van der Waals surface area contributed by atoms with Gasteiger partial charge in [0, 0.05) is 5.54 Å². The van der Waals surface area contributed by atoms with Crippen LogP contribution in [-0.2, 0) is 0 Å². The maximum atomic E-state index is 9.70. The lowest BCUT2D eigenvalue weighted by atomic mass is 9.82. The number of rotatable bonds is 6. The Labute approximate surface area is 94.7 Å². The van der Waals surface area contributed by atoms with Crippen molar-refractivity contribution in [2.75, 3.05) is 19.7 Å². The molecule has 1 rings (SSSR count). The van der Waals surface area contributed by atoms with Crippen molar-refractivity contribution in [2.24, 2.45) is 0 Å². The van der Waals surface area contributed by atoms with E-state index >= 15 is 0 Å².